The monoisotopic (exact) mass is 440 g/mol. The van der Waals surface area contributed by atoms with Gasteiger partial charge < -0.3 is 0 Å². The quantitative estimate of drug-likeness (QED) is 0.518. The summed E-state index contributed by atoms with van der Waals surface area (Å²) >= 11 is 0. The number of hydrogen-bond acceptors (Lipinski definition) is 3. The molecule has 0 bridgehead atoms. The fraction of sp³-hybridized carbons (Fsp3) is 0.185. The Hall–Kier alpha value is -3.31. The molecule has 1 saturated carbocycles. The second kappa shape index (κ2) is 7.10. The number of allylic oxidation sites excluding steroid dienone is 1. The Morgan fingerprint density at radius 2 is 1.53 bits per heavy atom. The number of nitrogens with zero attached hydrogens (tertiary/aromatic N) is 2. The Morgan fingerprint density at radius 1 is 0.844 bits per heavy atom. The largest absolute Gasteiger partial charge is 0.281 e. The zero-order valence-electron chi connectivity index (χ0n) is 17.8. The molecule has 5 heteroatoms. The van der Waals surface area contributed by atoms with Gasteiger partial charge >= 0.3 is 0 Å². The average Bonchev–Trinajstić information content (AvgIpc) is 3.57. The third kappa shape index (κ3) is 3.00. The number of sulfonamides is 1. The third-order valence-electron chi connectivity index (χ3n) is 6.48. The first kappa shape index (κ1) is 19.4. The highest BCUT2D eigenvalue weighted by Gasteiger charge is 2.47. The maximum atomic E-state index is 14.1. The van der Waals surface area contributed by atoms with Crippen LogP contribution in [0.15, 0.2) is 95.5 Å². The van der Waals surface area contributed by atoms with Gasteiger partial charge in [-0.05, 0) is 55.2 Å². The van der Waals surface area contributed by atoms with Gasteiger partial charge in [-0.1, -0.05) is 72.3 Å². The van der Waals surface area contributed by atoms with Gasteiger partial charge in [-0.2, -0.15) is 12.8 Å². The summed E-state index contributed by atoms with van der Waals surface area (Å²) in [6.45, 7) is 1.97. The number of hydrazine groups is 1. The average molecular weight is 441 g/mol. The summed E-state index contributed by atoms with van der Waals surface area (Å²) < 4.78 is 29.8. The molecule has 1 fully saturated rings. The van der Waals surface area contributed by atoms with Crippen molar-refractivity contribution >= 4 is 21.8 Å². The van der Waals surface area contributed by atoms with E-state index in [2.05, 4.69) is 24.3 Å². The maximum absolute atomic E-state index is 14.1. The van der Waals surface area contributed by atoms with Crippen LogP contribution in [0.1, 0.15) is 41.1 Å². The smallest absolute Gasteiger partial charge is 0.264 e. The molecule has 1 atom stereocenters. The molecule has 160 valence electrons. The Bertz CT molecular complexity index is 1350. The second-order valence-electron chi connectivity index (χ2n) is 8.74. The van der Waals surface area contributed by atoms with Gasteiger partial charge in [0.05, 0.1) is 16.6 Å². The van der Waals surface area contributed by atoms with Gasteiger partial charge in [0.15, 0.2) is 0 Å². The molecule has 2 heterocycles. The molecule has 32 heavy (non-hydrogen) atoms. The summed E-state index contributed by atoms with van der Waals surface area (Å²) in [7, 11) is -3.81. The minimum Gasteiger partial charge on any atom is -0.264 e. The van der Waals surface area contributed by atoms with E-state index in [1.807, 2.05) is 66.5 Å². The Balaban J connectivity index is 1.58. The number of aryl methyl sites for hydroxylation is 1. The lowest BCUT2D eigenvalue weighted by molar-refractivity contribution is 0.139. The molecule has 6 rings (SSSR count). The summed E-state index contributed by atoms with van der Waals surface area (Å²) in [4.78, 5) is 0.305. The second-order valence-corrected chi connectivity index (χ2v) is 10.5. The fourth-order valence-electron chi connectivity index (χ4n) is 4.69. The number of benzene rings is 3. The van der Waals surface area contributed by atoms with Gasteiger partial charge in [0.25, 0.3) is 10.0 Å². The number of fused-ring (bicyclic) bond motifs is 3. The van der Waals surface area contributed by atoms with E-state index in [-0.39, 0.29) is 6.04 Å². The number of rotatable bonds is 4. The van der Waals surface area contributed by atoms with Crippen LogP contribution in [-0.4, -0.2) is 17.8 Å². The van der Waals surface area contributed by atoms with Crippen LogP contribution in [0.5, 0.6) is 0 Å². The highest BCUT2D eigenvalue weighted by atomic mass is 32.2. The van der Waals surface area contributed by atoms with E-state index in [0.29, 0.717) is 16.5 Å². The van der Waals surface area contributed by atoms with Crippen LogP contribution in [0.2, 0.25) is 0 Å². The lowest BCUT2D eigenvalue weighted by Gasteiger charge is -2.40. The van der Waals surface area contributed by atoms with E-state index in [4.69, 9.17) is 0 Å². The number of hydrogen-bond donors (Lipinski definition) is 0. The van der Waals surface area contributed by atoms with Crippen molar-refractivity contribution in [1.82, 2.24) is 9.42 Å². The van der Waals surface area contributed by atoms with E-state index in [1.165, 1.54) is 5.56 Å². The molecule has 4 nitrogen and oxygen atoms in total. The molecular formula is C27H24N2O2S. The van der Waals surface area contributed by atoms with Crippen LogP contribution >= 0.6 is 0 Å². The highest BCUT2D eigenvalue weighted by Crippen LogP contribution is 2.52. The minimum absolute atomic E-state index is 0.151. The van der Waals surface area contributed by atoms with Gasteiger partial charge in [0.1, 0.15) is 0 Å². The lowest BCUT2D eigenvalue weighted by Crippen LogP contribution is -2.43. The maximum Gasteiger partial charge on any atom is 0.281 e. The van der Waals surface area contributed by atoms with Crippen LogP contribution in [0, 0.1) is 12.8 Å². The van der Waals surface area contributed by atoms with Gasteiger partial charge in [-0.3, -0.25) is 5.01 Å². The zero-order chi connectivity index (χ0) is 21.9. The predicted octanol–water partition coefficient (Wildman–Crippen LogP) is 5.76. The topological polar surface area (TPSA) is 40.6 Å². The van der Waals surface area contributed by atoms with Gasteiger partial charge in [0.2, 0.25) is 0 Å². The molecular weight excluding hydrogens is 416 g/mol. The van der Waals surface area contributed by atoms with Crippen LogP contribution in [0.3, 0.4) is 0 Å². The molecule has 3 aromatic rings. The van der Waals surface area contributed by atoms with Gasteiger partial charge in [-0.15, -0.1) is 0 Å². The molecule has 0 spiro atoms. The summed E-state index contributed by atoms with van der Waals surface area (Å²) in [6, 6.07) is 25.1. The van der Waals surface area contributed by atoms with Crippen LogP contribution in [0.25, 0.3) is 11.8 Å². The Kier molecular flexibility index (Phi) is 4.30. The molecule has 1 aliphatic carbocycles. The Labute approximate surface area is 189 Å². The van der Waals surface area contributed by atoms with E-state index >= 15 is 0 Å². The van der Waals surface area contributed by atoms with Crippen molar-refractivity contribution in [2.45, 2.75) is 30.7 Å². The SMILES string of the molecule is Cc1ccc(S(=O)(=O)N2C(c3ccccc3)=CC3c4ccccc4C=C(C4CC4)N32)cc1. The first-order valence-electron chi connectivity index (χ1n) is 11.0. The van der Waals surface area contributed by atoms with Gasteiger partial charge in [0, 0.05) is 17.2 Å². The van der Waals surface area contributed by atoms with E-state index in [0.717, 1.165) is 35.2 Å². The van der Waals surface area contributed by atoms with Crippen molar-refractivity contribution in [3.8, 4) is 0 Å². The Morgan fingerprint density at radius 3 is 2.25 bits per heavy atom. The molecule has 1 unspecified atom stereocenters. The van der Waals surface area contributed by atoms with Crippen LogP contribution in [-0.2, 0) is 10.0 Å². The third-order valence-corrected chi connectivity index (χ3v) is 8.17. The minimum atomic E-state index is -3.81. The zero-order valence-corrected chi connectivity index (χ0v) is 18.7. The lowest BCUT2D eigenvalue weighted by atomic mass is 9.94. The summed E-state index contributed by atoms with van der Waals surface area (Å²) in [5, 5.41) is 2.03. The van der Waals surface area contributed by atoms with E-state index in [1.54, 1.807) is 16.5 Å². The van der Waals surface area contributed by atoms with Crippen molar-refractivity contribution in [1.29, 1.82) is 0 Å². The molecule has 3 aromatic carbocycles. The van der Waals surface area contributed by atoms with Crippen LogP contribution < -0.4 is 0 Å². The first-order chi connectivity index (χ1) is 15.5. The summed E-state index contributed by atoms with van der Waals surface area (Å²) in [5.41, 5.74) is 6.03. The van der Waals surface area contributed by atoms with Gasteiger partial charge in [-0.25, -0.2) is 0 Å². The van der Waals surface area contributed by atoms with Crippen molar-refractivity contribution < 1.29 is 8.42 Å². The molecule has 0 aromatic heterocycles. The van der Waals surface area contributed by atoms with Crippen molar-refractivity contribution in [3.05, 3.63) is 113 Å². The van der Waals surface area contributed by atoms with E-state index in [9.17, 15) is 8.42 Å². The standard InChI is InChI=1S/C27H24N2O2S/c1-19-11-15-23(16-12-19)32(30,31)29-26(20-7-3-2-4-8-20)18-27-24-10-6-5-9-22(24)17-25(28(27)29)21-13-14-21/h2-12,15-18,21,27H,13-14H2,1H3. The molecule has 0 radical (unpaired) electrons. The molecule has 3 aliphatic rings. The first-order valence-corrected chi connectivity index (χ1v) is 12.5. The fourth-order valence-corrected chi connectivity index (χ4v) is 6.22. The molecule has 0 N–H and O–H groups in total. The van der Waals surface area contributed by atoms with Crippen LogP contribution in [0.4, 0.5) is 0 Å². The molecule has 0 amide bonds. The normalized spacial score (nSPS) is 19.8. The summed E-state index contributed by atoms with van der Waals surface area (Å²) in [5.74, 6) is 0.394. The highest BCUT2D eigenvalue weighted by molar-refractivity contribution is 7.89. The van der Waals surface area contributed by atoms with Crippen molar-refractivity contribution in [2.75, 3.05) is 0 Å². The summed E-state index contributed by atoms with van der Waals surface area (Å²) in [6.07, 6.45) is 6.48. The molecule has 2 aliphatic heterocycles. The molecule has 0 saturated heterocycles. The van der Waals surface area contributed by atoms with E-state index < -0.39 is 10.0 Å². The van der Waals surface area contributed by atoms with Crippen molar-refractivity contribution in [3.63, 3.8) is 0 Å². The van der Waals surface area contributed by atoms with Crippen molar-refractivity contribution in [2.24, 2.45) is 5.92 Å². The predicted molar refractivity (Wildman–Crippen MR) is 126 cm³/mol.